The summed E-state index contributed by atoms with van der Waals surface area (Å²) in [5.41, 5.74) is 3.79. The third-order valence-corrected chi connectivity index (χ3v) is 7.63. The van der Waals surface area contributed by atoms with Crippen LogP contribution in [0.15, 0.2) is 103 Å². The molecular weight excluding hydrogens is 528 g/mol. The Balaban J connectivity index is 1.12. The number of aromatic hydroxyl groups is 1. The Morgan fingerprint density at radius 1 is 0.881 bits per heavy atom. The summed E-state index contributed by atoms with van der Waals surface area (Å²) in [6, 6.07) is 30.4. The van der Waals surface area contributed by atoms with Crippen LogP contribution in [0.1, 0.15) is 58.3 Å². The second-order valence-corrected chi connectivity index (χ2v) is 10.6. The van der Waals surface area contributed by atoms with Gasteiger partial charge in [-0.25, -0.2) is 0 Å². The summed E-state index contributed by atoms with van der Waals surface area (Å²) in [5, 5.41) is 11.1. The summed E-state index contributed by atoms with van der Waals surface area (Å²) in [6.45, 7) is 1.47. The lowest BCUT2D eigenvalue weighted by Gasteiger charge is -2.28. The van der Waals surface area contributed by atoms with Crippen molar-refractivity contribution in [1.82, 2.24) is 0 Å². The maximum atomic E-state index is 13.1. The molecule has 2 heterocycles. The van der Waals surface area contributed by atoms with E-state index in [4.69, 9.17) is 18.9 Å². The number of ether oxygens (including phenoxy) is 4. The number of aryl methyl sites for hydroxylation is 1. The van der Waals surface area contributed by atoms with Crippen molar-refractivity contribution in [3.63, 3.8) is 0 Å². The largest absolute Gasteiger partial charge is 0.504 e. The fourth-order valence-electron chi connectivity index (χ4n) is 5.36. The van der Waals surface area contributed by atoms with Crippen LogP contribution in [0.5, 0.6) is 17.2 Å². The van der Waals surface area contributed by atoms with Crippen LogP contribution in [0.4, 0.5) is 0 Å². The predicted octanol–water partition coefficient (Wildman–Crippen LogP) is 7.44. The number of phenols is 1. The SMILES string of the molecule is O=C(/C=C/c1ccc(CCCOC2CCCCO2)cc1)c1ccc2c(c1O)OC(c1ccccc1)(c1ccccc1)O2. The van der Waals surface area contributed by atoms with Gasteiger partial charge < -0.3 is 24.1 Å². The second kappa shape index (κ2) is 12.6. The van der Waals surface area contributed by atoms with Gasteiger partial charge in [-0.2, -0.15) is 0 Å². The summed E-state index contributed by atoms with van der Waals surface area (Å²) < 4.78 is 24.2. The highest BCUT2D eigenvalue weighted by Crippen LogP contribution is 2.52. The van der Waals surface area contributed by atoms with Crippen LogP contribution in [0.2, 0.25) is 0 Å². The lowest BCUT2D eigenvalue weighted by molar-refractivity contribution is -0.162. The van der Waals surface area contributed by atoms with E-state index >= 15 is 0 Å². The van der Waals surface area contributed by atoms with Gasteiger partial charge in [0.2, 0.25) is 5.75 Å². The van der Waals surface area contributed by atoms with Crippen molar-refractivity contribution in [2.75, 3.05) is 13.2 Å². The minimum absolute atomic E-state index is 0.0525. The number of carbonyl (C=O) groups excluding carboxylic acids is 1. The Bertz CT molecular complexity index is 1480. The second-order valence-electron chi connectivity index (χ2n) is 10.6. The van der Waals surface area contributed by atoms with E-state index in [9.17, 15) is 9.90 Å². The first-order chi connectivity index (χ1) is 20.6. The molecule has 1 unspecified atom stereocenters. The topological polar surface area (TPSA) is 74.2 Å². The fraction of sp³-hybridized carbons (Fsp3) is 0.250. The summed E-state index contributed by atoms with van der Waals surface area (Å²) >= 11 is 0. The Hall–Kier alpha value is -4.39. The summed E-state index contributed by atoms with van der Waals surface area (Å²) in [4.78, 5) is 13.1. The van der Waals surface area contributed by atoms with Crippen LogP contribution in [0.25, 0.3) is 6.08 Å². The third-order valence-electron chi connectivity index (χ3n) is 7.63. The van der Waals surface area contributed by atoms with Crippen LogP contribution in [-0.2, 0) is 21.7 Å². The number of hydrogen-bond acceptors (Lipinski definition) is 6. The van der Waals surface area contributed by atoms with Gasteiger partial charge in [0, 0.05) is 17.7 Å². The zero-order valence-corrected chi connectivity index (χ0v) is 23.4. The molecule has 1 atom stereocenters. The monoisotopic (exact) mass is 562 g/mol. The average Bonchev–Trinajstić information content (AvgIpc) is 3.46. The predicted molar refractivity (Wildman–Crippen MR) is 161 cm³/mol. The number of benzene rings is 4. The van der Waals surface area contributed by atoms with Gasteiger partial charge in [-0.15, -0.1) is 0 Å². The summed E-state index contributed by atoms with van der Waals surface area (Å²) in [5.74, 6) is -1.34. The minimum Gasteiger partial charge on any atom is -0.504 e. The van der Waals surface area contributed by atoms with E-state index in [-0.39, 0.29) is 29.1 Å². The number of hydrogen-bond donors (Lipinski definition) is 1. The summed E-state index contributed by atoms with van der Waals surface area (Å²) in [7, 11) is 0. The molecule has 1 N–H and O–H groups in total. The van der Waals surface area contributed by atoms with Crippen LogP contribution in [-0.4, -0.2) is 30.4 Å². The van der Waals surface area contributed by atoms with Crippen molar-refractivity contribution in [2.45, 2.75) is 44.2 Å². The average molecular weight is 563 g/mol. The van der Waals surface area contributed by atoms with E-state index in [2.05, 4.69) is 12.1 Å². The molecule has 0 aromatic heterocycles. The van der Waals surface area contributed by atoms with Gasteiger partial charge in [-0.1, -0.05) is 91.0 Å². The van der Waals surface area contributed by atoms with E-state index in [1.54, 1.807) is 18.2 Å². The van der Waals surface area contributed by atoms with E-state index in [1.165, 1.54) is 18.1 Å². The molecule has 2 aliphatic heterocycles. The molecule has 6 heteroatoms. The van der Waals surface area contributed by atoms with Gasteiger partial charge in [0.1, 0.15) is 0 Å². The van der Waals surface area contributed by atoms with Crippen LogP contribution in [0, 0.1) is 0 Å². The van der Waals surface area contributed by atoms with E-state index in [0.717, 1.165) is 49.0 Å². The molecule has 2 aliphatic rings. The molecule has 0 amide bonds. The molecule has 0 saturated carbocycles. The summed E-state index contributed by atoms with van der Waals surface area (Å²) in [6.07, 6.45) is 8.26. The van der Waals surface area contributed by atoms with Crippen molar-refractivity contribution in [3.05, 3.63) is 131 Å². The molecule has 6 nitrogen and oxygen atoms in total. The van der Waals surface area contributed by atoms with Gasteiger partial charge in [0.05, 0.1) is 12.2 Å². The molecule has 1 saturated heterocycles. The van der Waals surface area contributed by atoms with Gasteiger partial charge in [0.25, 0.3) is 0 Å². The Morgan fingerprint density at radius 3 is 2.26 bits per heavy atom. The standard InChI is InChI=1S/C36H34O6/c37-31(22-20-27-18-16-26(17-19-27)10-9-25-40-33-15-7-8-24-39-33)30-21-23-32-35(34(30)38)42-36(41-32,28-11-3-1-4-12-28)29-13-5-2-6-14-29/h1-6,11-14,16-23,33,38H,7-10,15,24-25H2/b22-20+. The van der Waals surface area contributed by atoms with Gasteiger partial charge in [-0.05, 0) is 61.4 Å². The van der Waals surface area contributed by atoms with E-state index in [0.29, 0.717) is 12.4 Å². The number of carbonyl (C=O) groups is 1. The highest BCUT2D eigenvalue weighted by molar-refractivity contribution is 6.09. The van der Waals surface area contributed by atoms with Crippen LogP contribution < -0.4 is 9.47 Å². The smallest absolute Gasteiger partial charge is 0.305 e. The molecule has 0 radical (unpaired) electrons. The molecule has 214 valence electrons. The first-order valence-electron chi connectivity index (χ1n) is 14.5. The first-order valence-corrected chi connectivity index (χ1v) is 14.5. The van der Waals surface area contributed by atoms with Crippen molar-refractivity contribution >= 4 is 11.9 Å². The fourth-order valence-corrected chi connectivity index (χ4v) is 5.36. The zero-order chi connectivity index (χ0) is 28.8. The third kappa shape index (κ3) is 5.96. The minimum atomic E-state index is -1.28. The number of ketones is 1. The molecule has 4 aromatic carbocycles. The number of fused-ring (bicyclic) bond motifs is 1. The number of rotatable bonds is 10. The van der Waals surface area contributed by atoms with Crippen molar-refractivity contribution in [3.8, 4) is 17.2 Å². The highest BCUT2D eigenvalue weighted by Gasteiger charge is 2.47. The molecule has 42 heavy (non-hydrogen) atoms. The first kappa shape index (κ1) is 27.8. The normalized spacial score (nSPS) is 17.4. The molecule has 0 bridgehead atoms. The molecule has 4 aromatic rings. The van der Waals surface area contributed by atoms with Crippen LogP contribution in [0.3, 0.4) is 0 Å². The lowest BCUT2D eigenvalue weighted by Crippen LogP contribution is -2.36. The van der Waals surface area contributed by atoms with Crippen molar-refractivity contribution in [1.29, 1.82) is 0 Å². The van der Waals surface area contributed by atoms with Gasteiger partial charge in [0.15, 0.2) is 23.6 Å². The highest BCUT2D eigenvalue weighted by atomic mass is 16.7. The van der Waals surface area contributed by atoms with E-state index in [1.807, 2.05) is 72.8 Å². The molecule has 1 fully saturated rings. The number of allylic oxidation sites excluding steroid dienone is 1. The maximum Gasteiger partial charge on any atom is 0.305 e. The Kier molecular flexibility index (Phi) is 8.35. The number of phenolic OH excluding ortho intramolecular Hbond substituents is 1. The molecule has 0 aliphatic carbocycles. The zero-order valence-electron chi connectivity index (χ0n) is 23.4. The van der Waals surface area contributed by atoms with Gasteiger partial charge in [-0.3, -0.25) is 4.79 Å². The molecular formula is C36H34O6. The Labute approximate surface area is 246 Å². The van der Waals surface area contributed by atoms with E-state index < -0.39 is 5.79 Å². The van der Waals surface area contributed by atoms with Crippen molar-refractivity contribution < 1.29 is 28.8 Å². The molecule has 6 rings (SSSR count). The Morgan fingerprint density at radius 2 is 1.60 bits per heavy atom. The van der Waals surface area contributed by atoms with Crippen molar-refractivity contribution in [2.24, 2.45) is 0 Å². The van der Waals surface area contributed by atoms with Gasteiger partial charge >= 0.3 is 5.79 Å². The quantitative estimate of drug-likeness (QED) is 0.123. The molecule has 0 spiro atoms. The van der Waals surface area contributed by atoms with Crippen LogP contribution >= 0.6 is 0 Å². The lowest BCUT2D eigenvalue weighted by atomic mass is 9.97. The maximum absolute atomic E-state index is 13.1.